The number of carbonyl (C=O) groups excluding carboxylic acids is 3. The molecule has 0 radical (unpaired) electrons. The number of amides is 4. The Labute approximate surface area is 181 Å². The van der Waals surface area contributed by atoms with Gasteiger partial charge in [0.15, 0.2) is 11.5 Å². The number of barbiturate groups is 1. The van der Waals surface area contributed by atoms with E-state index in [1.807, 2.05) is 32.9 Å². The molecule has 1 aliphatic heterocycles. The highest BCUT2D eigenvalue weighted by molar-refractivity contribution is 6.39. The fraction of sp³-hybridized carbons (Fsp3) is 0.292. The van der Waals surface area contributed by atoms with Crippen molar-refractivity contribution in [2.24, 2.45) is 0 Å². The maximum atomic E-state index is 13.2. The first-order chi connectivity index (χ1) is 15.0. The van der Waals surface area contributed by atoms with Gasteiger partial charge in [-0.15, -0.1) is 0 Å². The number of benzene rings is 2. The van der Waals surface area contributed by atoms with Gasteiger partial charge >= 0.3 is 6.03 Å². The predicted molar refractivity (Wildman–Crippen MR) is 118 cm³/mol. The summed E-state index contributed by atoms with van der Waals surface area (Å²) in [6.07, 6.45) is 2.95. The number of carbonyl (C=O) groups is 3. The van der Waals surface area contributed by atoms with Crippen LogP contribution in [0.5, 0.6) is 11.5 Å². The van der Waals surface area contributed by atoms with Crippen LogP contribution in [0.4, 0.5) is 10.5 Å². The maximum absolute atomic E-state index is 13.2. The summed E-state index contributed by atoms with van der Waals surface area (Å²) in [5.41, 5.74) is 1.75. The van der Waals surface area contributed by atoms with E-state index in [1.54, 1.807) is 30.3 Å². The molecule has 1 heterocycles. The quantitative estimate of drug-likeness (QED) is 0.511. The molecule has 1 fully saturated rings. The van der Waals surface area contributed by atoms with Crippen LogP contribution < -0.4 is 19.7 Å². The minimum Gasteiger partial charge on any atom is -0.490 e. The van der Waals surface area contributed by atoms with Crippen molar-refractivity contribution in [2.45, 2.75) is 33.6 Å². The highest BCUT2D eigenvalue weighted by Crippen LogP contribution is 2.31. The summed E-state index contributed by atoms with van der Waals surface area (Å²) in [6.45, 7) is 6.80. The summed E-state index contributed by atoms with van der Waals surface area (Å²) < 4.78 is 11.3. The second-order valence-corrected chi connectivity index (χ2v) is 6.93. The molecule has 0 saturated carbocycles. The number of rotatable bonds is 8. The minimum absolute atomic E-state index is 0.129. The first-order valence-corrected chi connectivity index (χ1v) is 10.4. The number of nitrogens with zero attached hydrogens (tertiary/aromatic N) is 1. The predicted octanol–water partition coefficient (Wildman–Crippen LogP) is 4.10. The third-order valence-corrected chi connectivity index (χ3v) is 4.76. The Kier molecular flexibility index (Phi) is 7.07. The van der Waals surface area contributed by atoms with Crippen LogP contribution in [0.3, 0.4) is 0 Å². The molecule has 0 aromatic heterocycles. The Bertz CT molecular complexity index is 1030. The fourth-order valence-corrected chi connectivity index (χ4v) is 3.28. The van der Waals surface area contributed by atoms with Gasteiger partial charge in [0.1, 0.15) is 5.57 Å². The molecule has 4 amide bonds. The maximum Gasteiger partial charge on any atom is 0.335 e. The third kappa shape index (κ3) is 4.77. The summed E-state index contributed by atoms with van der Waals surface area (Å²) in [5.74, 6) is -0.277. The molecule has 0 atom stereocenters. The van der Waals surface area contributed by atoms with E-state index < -0.39 is 17.8 Å². The van der Waals surface area contributed by atoms with Crippen LogP contribution in [0.25, 0.3) is 6.08 Å². The van der Waals surface area contributed by atoms with Crippen molar-refractivity contribution >= 4 is 29.6 Å². The molecule has 1 saturated heterocycles. The molecule has 3 rings (SSSR count). The highest BCUT2D eigenvalue weighted by atomic mass is 16.5. The van der Waals surface area contributed by atoms with Gasteiger partial charge in [-0.2, -0.15) is 0 Å². The lowest BCUT2D eigenvalue weighted by Crippen LogP contribution is -2.54. The van der Waals surface area contributed by atoms with Gasteiger partial charge in [0.2, 0.25) is 0 Å². The monoisotopic (exact) mass is 422 g/mol. The van der Waals surface area contributed by atoms with E-state index in [9.17, 15) is 14.4 Å². The summed E-state index contributed by atoms with van der Waals surface area (Å²) in [4.78, 5) is 39.1. The van der Waals surface area contributed by atoms with Crippen molar-refractivity contribution in [2.75, 3.05) is 18.1 Å². The fourth-order valence-electron chi connectivity index (χ4n) is 3.28. The van der Waals surface area contributed by atoms with E-state index in [0.29, 0.717) is 42.4 Å². The molecule has 31 heavy (non-hydrogen) atoms. The Morgan fingerprint density at radius 2 is 1.74 bits per heavy atom. The average Bonchev–Trinajstić information content (AvgIpc) is 2.76. The molecule has 7 heteroatoms. The Morgan fingerprint density at radius 1 is 0.968 bits per heavy atom. The van der Waals surface area contributed by atoms with Gasteiger partial charge in [-0.1, -0.05) is 38.1 Å². The van der Waals surface area contributed by atoms with Gasteiger partial charge in [0.25, 0.3) is 11.8 Å². The smallest absolute Gasteiger partial charge is 0.335 e. The van der Waals surface area contributed by atoms with Gasteiger partial charge in [0, 0.05) is 0 Å². The van der Waals surface area contributed by atoms with E-state index in [2.05, 4.69) is 5.32 Å². The molecule has 162 valence electrons. The first-order valence-electron chi connectivity index (χ1n) is 10.4. The number of imide groups is 2. The molecular formula is C24H26N2O5. The third-order valence-electron chi connectivity index (χ3n) is 4.76. The van der Waals surface area contributed by atoms with E-state index in [0.717, 1.165) is 16.9 Å². The van der Waals surface area contributed by atoms with E-state index in [1.165, 1.54) is 6.08 Å². The molecule has 0 unspecified atom stereocenters. The average molecular weight is 422 g/mol. The number of hydrogen-bond acceptors (Lipinski definition) is 5. The van der Waals surface area contributed by atoms with Gasteiger partial charge in [-0.25, -0.2) is 9.69 Å². The lowest BCUT2D eigenvalue weighted by atomic mass is 10.0. The first kappa shape index (κ1) is 22.1. The summed E-state index contributed by atoms with van der Waals surface area (Å²) in [5, 5.41) is 2.26. The van der Waals surface area contributed by atoms with Gasteiger partial charge < -0.3 is 9.47 Å². The van der Waals surface area contributed by atoms with E-state index in [4.69, 9.17) is 9.47 Å². The van der Waals surface area contributed by atoms with Crippen LogP contribution >= 0.6 is 0 Å². The molecule has 1 N–H and O–H groups in total. The number of nitrogens with one attached hydrogen (secondary N) is 1. The molecular weight excluding hydrogens is 396 g/mol. The molecule has 0 bridgehead atoms. The normalized spacial score (nSPS) is 15.3. The lowest BCUT2D eigenvalue weighted by Gasteiger charge is -2.28. The van der Waals surface area contributed by atoms with Crippen molar-refractivity contribution < 1.29 is 23.9 Å². The summed E-state index contributed by atoms with van der Waals surface area (Å²) in [7, 11) is 0. The molecule has 1 aliphatic rings. The molecule has 0 aliphatic carbocycles. The van der Waals surface area contributed by atoms with E-state index in [-0.39, 0.29) is 5.57 Å². The number of aryl methyl sites for hydroxylation is 1. The SMILES string of the molecule is CCCOc1ccc(/C=C2/C(=O)NC(=O)N(c3ccccc3CC)C2=O)cc1OCC. The van der Waals surface area contributed by atoms with Crippen molar-refractivity contribution in [1.82, 2.24) is 5.32 Å². The number of anilines is 1. The van der Waals surface area contributed by atoms with Crippen LogP contribution in [0.15, 0.2) is 48.0 Å². The summed E-state index contributed by atoms with van der Waals surface area (Å²) >= 11 is 0. The number of hydrogen-bond donors (Lipinski definition) is 1. The second kappa shape index (κ2) is 9.93. The van der Waals surface area contributed by atoms with Gasteiger partial charge in [-0.3, -0.25) is 14.9 Å². The van der Waals surface area contributed by atoms with Crippen LogP contribution in [0.2, 0.25) is 0 Å². The minimum atomic E-state index is -0.758. The Hall–Kier alpha value is -3.61. The Morgan fingerprint density at radius 3 is 2.45 bits per heavy atom. The van der Waals surface area contributed by atoms with Crippen molar-refractivity contribution in [3.05, 3.63) is 59.2 Å². The van der Waals surface area contributed by atoms with Crippen LogP contribution in [-0.2, 0) is 16.0 Å². The molecule has 2 aromatic rings. The van der Waals surface area contributed by atoms with Crippen LogP contribution in [-0.4, -0.2) is 31.1 Å². The zero-order valence-corrected chi connectivity index (χ0v) is 17.9. The number of urea groups is 1. The largest absolute Gasteiger partial charge is 0.490 e. The van der Waals surface area contributed by atoms with Crippen LogP contribution in [0, 0.1) is 0 Å². The van der Waals surface area contributed by atoms with E-state index >= 15 is 0 Å². The highest BCUT2D eigenvalue weighted by Gasteiger charge is 2.37. The standard InChI is InChI=1S/C24H26N2O5/c1-4-13-31-20-12-11-16(15-21(20)30-6-3)14-18-22(27)25-24(29)26(23(18)28)19-10-8-7-9-17(19)5-2/h7-12,14-15H,4-6,13H2,1-3H3,(H,25,27,29)/b18-14-. The lowest BCUT2D eigenvalue weighted by molar-refractivity contribution is -0.122. The molecule has 7 nitrogen and oxygen atoms in total. The Balaban J connectivity index is 1.99. The summed E-state index contributed by atoms with van der Waals surface area (Å²) in [6, 6.07) is 11.6. The number of ether oxygens (including phenoxy) is 2. The number of para-hydroxylation sites is 1. The zero-order chi connectivity index (χ0) is 22.4. The zero-order valence-electron chi connectivity index (χ0n) is 17.9. The molecule has 0 spiro atoms. The molecule has 2 aromatic carbocycles. The van der Waals surface area contributed by atoms with Crippen molar-refractivity contribution in [1.29, 1.82) is 0 Å². The van der Waals surface area contributed by atoms with Crippen molar-refractivity contribution in [3.8, 4) is 11.5 Å². The van der Waals surface area contributed by atoms with Crippen LogP contribution in [0.1, 0.15) is 38.3 Å². The second-order valence-electron chi connectivity index (χ2n) is 6.93. The van der Waals surface area contributed by atoms with Crippen molar-refractivity contribution in [3.63, 3.8) is 0 Å². The van der Waals surface area contributed by atoms with Gasteiger partial charge in [-0.05, 0) is 55.2 Å². The topological polar surface area (TPSA) is 84.9 Å². The van der Waals surface area contributed by atoms with Gasteiger partial charge in [0.05, 0.1) is 18.9 Å².